The number of ketones is 1. The van der Waals surface area contributed by atoms with Gasteiger partial charge in [0.2, 0.25) is 0 Å². The van der Waals surface area contributed by atoms with E-state index in [9.17, 15) is 4.79 Å². The van der Waals surface area contributed by atoms with E-state index in [2.05, 4.69) is 23.6 Å². The molecule has 0 aliphatic rings. The van der Waals surface area contributed by atoms with Crippen molar-refractivity contribution in [1.82, 2.24) is 9.80 Å². The third kappa shape index (κ3) is 4.58. The van der Waals surface area contributed by atoms with Crippen molar-refractivity contribution in [2.75, 3.05) is 27.2 Å². The van der Waals surface area contributed by atoms with Crippen LogP contribution in [0.2, 0.25) is 5.02 Å². The van der Waals surface area contributed by atoms with Gasteiger partial charge in [-0.3, -0.25) is 9.69 Å². The minimum absolute atomic E-state index is 0.125. The van der Waals surface area contributed by atoms with Gasteiger partial charge in [-0.2, -0.15) is 0 Å². The van der Waals surface area contributed by atoms with Gasteiger partial charge in [-0.05, 0) is 46.6 Å². The number of benzene rings is 1. The highest BCUT2D eigenvalue weighted by Gasteiger charge is 2.25. The van der Waals surface area contributed by atoms with Crippen LogP contribution in [-0.4, -0.2) is 54.9 Å². The third-order valence-corrected chi connectivity index (χ3v) is 3.78. The second-order valence-corrected chi connectivity index (χ2v) is 5.93. The molecular formula is C16H25ClN2O. The van der Waals surface area contributed by atoms with Gasteiger partial charge < -0.3 is 4.90 Å². The van der Waals surface area contributed by atoms with Crippen molar-refractivity contribution in [1.29, 1.82) is 0 Å². The van der Waals surface area contributed by atoms with Gasteiger partial charge in [0.15, 0.2) is 5.78 Å². The van der Waals surface area contributed by atoms with Crippen LogP contribution in [0.1, 0.15) is 31.1 Å². The molecule has 0 fully saturated rings. The smallest absolute Gasteiger partial charge is 0.179 e. The van der Waals surface area contributed by atoms with Crippen molar-refractivity contribution in [2.45, 2.75) is 32.9 Å². The van der Waals surface area contributed by atoms with E-state index in [-0.39, 0.29) is 11.8 Å². The number of rotatable bonds is 7. The molecule has 0 radical (unpaired) electrons. The molecule has 0 aliphatic heterocycles. The SMILES string of the molecule is CCN(C(C)CN(C)C)C(C)C(=O)c1cccc(Cl)c1. The zero-order valence-corrected chi connectivity index (χ0v) is 13.8. The van der Waals surface area contributed by atoms with E-state index in [1.807, 2.05) is 33.2 Å². The first-order valence-corrected chi connectivity index (χ1v) is 7.44. The van der Waals surface area contributed by atoms with Crippen LogP contribution in [0.25, 0.3) is 0 Å². The molecule has 2 atom stereocenters. The van der Waals surface area contributed by atoms with Crippen LogP contribution in [0.4, 0.5) is 0 Å². The maximum Gasteiger partial charge on any atom is 0.179 e. The molecule has 0 saturated heterocycles. The van der Waals surface area contributed by atoms with E-state index < -0.39 is 0 Å². The number of likely N-dealkylation sites (N-methyl/N-ethyl adjacent to an activating group) is 2. The lowest BCUT2D eigenvalue weighted by molar-refractivity contribution is 0.0756. The Balaban J connectivity index is 2.85. The first-order valence-electron chi connectivity index (χ1n) is 7.07. The quantitative estimate of drug-likeness (QED) is 0.722. The summed E-state index contributed by atoms with van der Waals surface area (Å²) in [6.07, 6.45) is 0. The average Bonchev–Trinajstić information content (AvgIpc) is 2.37. The van der Waals surface area contributed by atoms with Crippen molar-refractivity contribution >= 4 is 17.4 Å². The highest BCUT2D eigenvalue weighted by Crippen LogP contribution is 2.16. The maximum absolute atomic E-state index is 12.6. The molecule has 1 aromatic carbocycles. The Morgan fingerprint density at radius 3 is 2.45 bits per heavy atom. The summed E-state index contributed by atoms with van der Waals surface area (Å²) in [4.78, 5) is 16.9. The third-order valence-electron chi connectivity index (χ3n) is 3.55. The normalized spacial score (nSPS) is 14.6. The van der Waals surface area contributed by atoms with Crippen molar-refractivity contribution in [3.8, 4) is 0 Å². The molecule has 1 rings (SSSR count). The van der Waals surface area contributed by atoms with Crippen LogP contribution >= 0.6 is 11.6 Å². The number of hydrogen-bond donors (Lipinski definition) is 0. The topological polar surface area (TPSA) is 23.6 Å². The molecule has 0 saturated carbocycles. The summed E-state index contributed by atoms with van der Waals surface area (Å²) >= 11 is 5.97. The number of carbonyl (C=O) groups excluding carboxylic acids is 1. The van der Waals surface area contributed by atoms with Crippen LogP contribution in [-0.2, 0) is 0 Å². The van der Waals surface area contributed by atoms with E-state index in [0.717, 1.165) is 13.1 Å². The van der Waals surface area contributed by atoms with Gasteiger partial charge in [-0.15, -0.1) is 0 Å². The zero-order valence-electron chi connectivity index (χ0n) is 13.1. The molecule has 0 spiro atoms. The number of hydrogen-bond acceptors (Lipinski definition) is 3. The summed E-state index contributed by atoms with van der Waals surface area (Å²) in [5.74, 6) is 0.125. The van der Waals surface area contributed by atoms with Crippen LogP contribution in [0.5, 0.6) is 0 Å². The molecular weight excluding hydrogens is 272 g/mol. The summed E-state index contributed by atoms with van der Waals surface area (Å²) in [5.41, 5.74) is 0.681. The molecule has 4 heteroatoms. The molecule has 0 aliphatic carbocycles. The molecule has 0 aromatic heterocycles. The van der Waals surface area contributed by atoms with E-state index in [1.54, 1.807) is 12.1 Å². The highest BCUT2D eigenvalue weighted by atomic mass is 35.5. The number of halogens is 1. The van der Waals surface area contributed by atoms with Gasteiger partial charge in [0.05, 0.1) is 6.04 Å². The van der Waals surface area contributed by atoms with Crippen LogP contribution in [0.15, 0.2) is 24.3 Å². The van der Waals surface area contributed by atoms with Crippen molar-refractivity contribution in [3.05, 3.63) is 34.9 Å². The second-order valence-electron chi connectivity index (χ2n) is 5.49. The van der Waals surface area contributed by atoms with E-state index >= 15 is 0 Å². The highest BCUT2D eigenvalue weighted by molar-refractivity contribution is 6.31. The molecule has 2 unspecified atom stereocenters. The van der Waals surface area contributed by atoms with E-state index in [4.69, 9.17) is 11.6 Å². The molecule has 20 heavy (non-hydrogen) atoms. The minimum atomic E-state index is -0.145. The molecule has 1 aromatic rings. The van der Waals surface area contributed by atoms with Gasteiger partial charge >= 0.3 is 0 Å². The number of Topliss-reactive ketones (excluding diaryl/α,β-unsaturated/α-hetero) is 1. The lowest BCUT2D eigenvalue weighted by Gasteiger charge is -2.34. The zero-order chi connectivity index (χ0) is 15.3. The fourth-order valence-electron chi connectivity index (χ4n) is 2.63. The molecule has 0 heterocycles. The van der Waals surface area contributed by atoms with Crippen LogP contribution < -0.4 is 0 Å². The first-order chi connectivity index (χ1) is 9.36. The molecule has 0 N–H and O–H groups in total. The summed E-state index contributed by atoms with van der Waals surface area (Å²) in [5, 5.41) is 0.604. The number of nitrogens with zero attached hydrogens (tertiary/aromatic N) is 2. The predicted octanol–water partition coefficient (Wildman–Crippen LogP) is 3.18. The first kappa shape index (κ1) is 17.2. The minimum Gasteiger partial charge on any atom is -0.308 e. The predicted molar refractivity (Wildman–Crippen MR) is 85.6 cm³/mol. The van der Waals surface area contributed by atoms with E-state index in [0.29, 0.717) is 16.6 Å². The molecule has 0 bridgehead atoms. The fraction of sp³-hybridized carbons (Fsp3) is 0.562. The largest absolute Gasteiger partial charge is 0.308 e. The van der Waals surface area contributed by atoms with Gasteiger partial charge in [-0.1, -0.05) is 30.7 Å². The Kier molecular flexibility index (Phi) is 6.66. The van der Waals surface area contributed by atoms with Crippen molar-refractivity contribution < 1.29 is 4.79 Å². The maximum atomic E-state index is 12.6. The Hall–Kier alpha value is -0.900. The van der Waals surface area contributed by atoms with Crippen LogP contribution in [0, 0.1) is 0 Å². The van der Waals surface area contributed by atoms with Gasteiger partial charge in [0, 0.05) is 23.2 Å². The lowest BCUT2D eigenvalue weighted by atomic mass is 10.0. The van der Waals surface area contributed by atoms with Gasteiger partial charge in [0.1, 0.15) is 0 Å². The number of carbonyl (C=O) groups is 1. The Labute approximate surface area is 127 Å². The second kappa shape index (κ2) is 7.77. The molecule has 112 valence electrons. The van der Waals surface area contributed by atoms with Crippen molar-refractivity contribution in [2.24, 2.45) is 0 Å². The Morgan fingerprint density at radius 1 is 1.30 bits per heavy atom. The average molecular weight is 297 g/mol. The standard InChI is InChI=1S/C16H25ClN2O/c1-6-19(12(2)11-18(4)5)13(3)16(20)14-8-7-9-15(17)10-14/h7-10,12-13H,6,11H2,1-5H3. The van der Waals surface area contributed by atoms with E-state index in [1.165, 1.54) is 0 Å². The Bertz CT molecular complexity index is 448. The fourth-order valence-corrected chi connectivity index (χ4v) is 2.82. The Morgan fingerprint density at radius 2 is 1.95 bits per heavy atom. The summed E-state index contributed by atoms with van der Waals surface area (Å²) < 4.78 is 0. The van der Waals surface area contributed by atoms with Gasteiger partial charge in [-0.25, -0.2) is 0 Å². The summed E-state index contributed by atoms with van der Waals surface area (Å²) in [6, 6.07) is 7.36. The van der Waals surface area contributed by atoms with Crippen molar-refractivity contribution in [3.63, 3.8) is 0 Å². The molecule has 0 amide bonds. The lowest BCUT2D eigenvalue weighted by Crippen LogP contribution is -2.48. The van der Waals surface area contributed by atoms with Crippen LogP contribution in [0.3, 0.4) is 0 Å². The monoisotopic (exact) mass is 296 g/mol. The van der Waals surface area contributed by atoms with Gasteiger partial charge in [0.25, 0.3) is 0 Å². The molecule has 3 nitrogen and oxygen atoms in total. The summed E-state index contributed by atoms with van der Waals surface area (Å²) in [6.45, 7) is 8.00. The summed E-state index contributed by atoms with van der Waals surface area (Å²) in [7, 11) is 4.10.